The van der Waals surface area contributed by atoms with Gasteiger partial charge in [0.2, 0.25) is 0 Å². The second kappa shape index (κ2) is 6.68. The Bertz CT molecular complexity index is 619. The molecule has 0 saturated heterocycles. The van der Waals surface area contributed by atoms with Gasteiger partial charge in [-0.15, -0.1) is 0 Å². The third-order valence-electron chi connectivity index (χ3n) is 3.33. The van der Waals surface area contributed by atoms with Crippen LogP contribution >= 0.6 is 27.5 Å². The van der Waals surface area contributed by atoms with Gasteiger partial charge in [0.1, 0.15) is 5.82 Å². The van der Waals surface area contributed by atoms with Crippen molar-refractivity contribution in [1.29, 1.82) is 0 Å². The van der Waals surface area contributed by atoms with Crippen molar-refractivity contribution in [1.82, 2.24) is 5.43 Å². The molecule has 2 aromatic rings. The first-order chi connectivity index (χ1) is 9.52. The summed E-state index contributed by atoms with van der Waals surface area (Å²) in [5.74, 6) is 5.33. The van der Waals surface area contributed by atoms with E-state index in [1.807, 2.05) is 25.1 Å². The number of nitrogens with two attached hydrogens (primary N) is 1. The van der Waals surface area contributed by atoms with Crippen LogP contribution in [0.5, 0.6) is 0 Å². The van der Waals surface area contributed by atoms with Gasteiger partial charge in [-0.2, -0.15) is 0 Å². The highest BCUT2D eigenvalue weighted by molar-refractivity contribution is 9.10. The van der Waals surface area contributed by atoms with Crippen LogP contribution in [0.1, 0.15) is 22.7 Å². The first-order valence-electron chi connectivity index (χ1n) is 6.18. The van der Waals surface area contributed by atoms with Crippen LogP contribution in [0.4, 0.5) is 4.39 Å². The average Bonchev–Trinajstić information content (AvgIpc) is 2.42. The third-order valence-corrected chi connectivity index (χ3v) is 4.54. The van der Waals surface area contributed by atoms with Gasteiger partial charge in [-0.05, 0) is 48.2 Å². The fourth-order valence-corrected chi connectivity index (χ4v) is 2.79. The molecule has 0 aliphatic carbocycles. The van der Waals surface area contributed by atoms with Crippen LogP contribution in [0.2, 0.25) is 5.02 Å². The van der Waals surface area contributed by atoms with E-state index in [2.05, 4.69) is 21.4 Å². The molecular formula is C15H15BrClFN2. The van der Waals surface area contributed by atoms with Gasteiger partial charge in [0.25, 0.3) is 0 Å². The Morgan fingerprint density at radius 1 is 1.35 bits per heavy atom. The lowest BCUT2D eigenvalue weighted by Gasteiger charge is -2.20. The Morgan fingerprint density at radius 2 is 2.10 bits per heavy atom. The van der Waals surface area contributed by atoms with E-state index in [9.17, 15) is 4.39 Å². The normalized spacial score (nSPS) is 12.4. The molecule has 1 atom stereocenters. The lowest BCUT2D eigenvalue weighted by molar-refractivity contribution is 0.548. The molecule has 0 fully saturated rings. The van der Waals surface area contributed by atoms with Gasteiger partial charge >= 0.3 is 0 Å². The molecule has 0 bridgehead atoms. The molecule has 0 amide bonds. The van der Waals surface area contributed by atoms with E-state index in [4.69, 9.17) is 17.4 Å². The molecule has 0 heterocycles. The molecule has 106 valence electrons. The highest BCUT2D eigenvalue weighted by Crippen LogP contribution is 2.28. The summed E-state index contributed by atoms with van der Waals surface area (Å²) in [5.41, 5.74) is 5.86. The quantitative estimate of drug-likeness (QED) is 0.632. The van der Waals surface area contributed by atoms with Crippen molar-refractivity contribution in [3.05, 3.63) is 68.4 Å². The Morgan fingerprint density at radius 3 is 2.75 bits per heavy atom. The fourth-order valence-electron chi connectivity index (χ4n) is 2.17. The minimum atomic E-state index is -0.338. The van der Waals surface area contributed by atoms with Crippen molar-refractivity contribution in [2.75, 3.05) is 0 Å². The molecule has 2 rings (SSSR count). The Labute approximate surface area is 131 Å². The van der Waals surface area contributed by atoms with Crippen molar-refractivity contribution >= 4 is 27.5 Å². The maximum atomic E-state index is 13.1. The van der Waals surface area contributed by atoms with Gasteiger partial charge in [-0.25, -0.2) is 4.39 Å². The SMILES string of the molecule is Cc1c(Br)cccc1C(Cc1ccc(F)cc1Cl)NN. The van der Waals surface area contributed by atoms with Crippen LogP contribution in [0.15, 0.2) is 40.9 Å². The predicted octanol–water partition coefficient (Wildman–Crippen LogP) is 4.30. The van der Waals surface area contributed by atoms with Gasteiger partial charge in [0, 0.05) is 9.50 Å². The number of benzene rings is 2. The van der Waals surface area contributed by atoms with Gasteiger partial charge in [0.05, 0.1) is 6.04 Å². The second-order valence-electron chi connectivity index (χ2n) is 4.61. The minimum Gasteiger partial charge on any atom is -0.271 e. The summed E-state index contributed by atoms with van der Waals surface area (Å²) < 4.78 is 14.1. The maximum Gasteiger partial charge on any atom is 0.124 e. The van der Waals surface area contributed by atoms with Crippen LogP contribution < -0.4 is 11.3 Å². The molecule has 2 aromatic carbocycles. The summed E-state index contributed by atoms with van der Waals surface area (Å²) in [5, 5.41) is 0.415. The van der Waals surface area contributed by atoms with E-state index >= 15 is 0 Å². The van der Waals surface area contributed by atoms with Gasteiger partial charge < -0.3 is 0 Å². The molecule has 0 aliphatic heterocycles. The minimum absolute atomic E-state index is 0.0875. The molecule has 3 N–H and O–H groups in total. The molecular weight excluding hydrogens is 343 g/mol. The molecule has 0 aliphatic rings. The number of hydrazine groups is 1. The Hall–Kier alpha value is -0.940. The largest absolute Gasteiger partial charge is 0.271 e. The summed E-state index contributed by atoms with van der Waals surface area (Å²) in [6.45, 7) is 2.02. The smallest absolute Gasteiger partial charge is 0.124 e. The zero-order valence-corrected chi connectivity index (χ0v) is 13.3. The van der Waals surface area contributed by atoms with Crippen LogP contribution in [0, 0.1) is 12.7 Å². The summed E-state index contributed by atoms with van der Waals surface area (Å²) in [6, 6.07) is 10.3. The first-order valence-corrected chi connectivity index (χ1v) is 7.35. The Kier molecular flexibility index (Phi) is 5.16. The predicted molar refractivity (Wildman–Crippen MR) is 84.1 cm³/mol. The summed E-state index contributed by atoms with van der Waals surface area (Å²) in [4.78, 5) is 0. The highest BCUT2D eigenvalue weighted by atomic mass is 79.9. The summed E-state index contributed by atoms with van der Waals surface area (Å²) in [7, 11) is 0. The molecule has 2 nitrogen and oxygen atoms in total. The molecule has 0 aromatic heterocycles. The molecule has 0 radical (unpaired) electrons. The number of hydrogen-bond donors (Lipinski definition) is 2. The second-order valence-corrected chi connectivity index (χ2v) is 5.87. The zero-order chi connectivity index (χ0) is 14.7. The van der Waals surface area contributed by atoms with Crippen molar-refractivity contribution in [2.45, 2.75) is 19.4 Å². The number of nitrogens with one attached hydrogen (secondary N) is 1. The van der Waals surface area contributed by atoms with E-state index in [0.29, 0.717) is 11.4 Å². The fraction of sp³-hybridized carbons (Fsp3) is 0.200. The standard InChI is InChI=1S/C15H15BrClFN2/c1-9-12(3-2-4-13(9)16)15(20-19)7-10-5-6-11(18)8-14(10)17/h2-6,8,15,20H,7,19H2,1H3. The zero-order valence-electron chi connectivity index (χ0n) is 11.0. The van der Waals surface area contributed by atoms with Crippen LogP contribution in [-0.2, 0) is 6.42 Å². The van der Waals surface area contributed by atoms with Crippen molar-refractivity contribution in [2.24, 2.45) is 5.84 Å². The van der Waals surface area contributed by atoms with Crippen molar-refractivity contribution in [3.63, 3.8) is 0 Å². The lowest BCUT2D eigenvalue weighted by atomic mass is 9.96. The highest BCUT2D eigenvalue weighted by Gasteiger charge is 2.16. The van der Waals surface area contributed by atoms with Crippen LogP contribution in [0.3, 0.4) is 0 Å². The van der Waals surface area contributed by atoms with Gasteiger partial charge in [-0.3, -0.25) is 11.3 Å². The number of halogens is 3. The van der Waals surface area contributed by atoms with Gasteiger partial charge in [-0.1, -0.05) is 45.7 Å². The molecule has 0 saturated carbocycles. The van der Waals surface area contributed by atoms with E-state index < -0.39 is 0 Å². The van der Waals surface area contributed by atoms with Crippen LogP contribution in [0.25, 0.3) is 0 Å². The molecule has 0 spiro atoms. The number of hydrogen-bond acceptors (Lipinski definition) is 2. The molecule has 5 heteroatoms. The Balaban J connectivity index is 2.31. The monoisotopic (exact) mass is 356 g/mol. The topological polar surface area (TPSA) is 38.0 Å². The van der Waals surface area contributed by atoms with E-state index in [1.165, 1.54) is 12.1 Å². The average molecular weight is 358 g/mol. The van der Waals surface area contributed by atoms with E-state index in [1.54, 1.807) is 6.07 Å². The molecule has 1 unspecified atom stereocenters. The summed E-state index contributed by atoms with van der Waals surface area (Å²) in [6.07, 6.45) is 0.590. The van der Waals surface area contributed by atoms with Crippen molar-refractivity contribution in [3.8, 4) is 0 Å². The molecule has 20 heavy (non-hydrogen) atoms. The van der Waals surface area contributed by atoms with Gasteiger partial charge in [0.15, 0.2) is 0 Å². The third kappa shape index (κ3) is 3.38. The number of rotatable bonds is 4. The lowest BCUT2D eigenvalue weighted by Crippen LogP contribution is -2.30. The maximum absolute atomic E-state index is 13.1. The first kappa shape index (κ1) is 15.4. The summed E-state index contributed by atoms with van der Waals surface area (Å²) >= 11 is 9.58. The van der Waals surface area contributed by atoms with Crippen molar-refractivity contribution < 1.29 is 4.39 Å². The van der Waals surface area contributed by atoms with E-state index in [0.717, 1.165) is 21.2 Å². The van der Waals surface area contributed by atoms with Crippen LogP contribution in [-0.4, -0.2) is 0 Å². The van der Waals surface area contributed by atoms with E-state index in [-0.39, 0.29) is 11.9 Å².